The average Bonchev–Trinajstić information content (AvgIpc) is 2.50. The van der Waals surface area contributed by atoms with Crippen LogP contribution in [-0.2, 0) is 0 Å². The molecule has 1 aromatic heterocycles. The zero-order valence-corrected chi connectivity index (χ0v) is 9.39. The lowest BCUT2D eigenvalue weighted by molar-refractivity contribution is 0.252. The molecule has 0 aliphatic heterocycles. The van der Waals surface area contributed by atoms with Crippen molar-refractivity contribution in [1.29, 1.82) is 0 Å². The maximum absolute atomic E-state index is 11.4. The van der Waals surface area contributed by atoms with Gasteiger partial charge in [0.05, 0.1) is 0 Å². The minimum atomic E-state index is -0.210. The van der Waals surface area contributed by atoms with Crippen LogP contribution < -0.4 is 10.6 Å². The molecule has 0 aliphatic rings. The predicted molar refractivity (Wildman–Crippen MR) is 57.9 cm³/mol. The molecule has 2 amide bonds. The molecule has 0 aliphatic carbocycles. The van der Waals surface area contributed by atoms with Gasteiger partial charge in [-0.15, -0.1) is 0 Å². The number of hydrogen-bond donors (Lipinski definition) is 2. The van der Waals surface area contributed by atoms with Crippen molar-refractivity contribution < 1.29 is 9.32 Å². The molecular formula is C10H17N3O2. The van der Waals surface area contributed by atoms with E-state index in [4.69, 9.17) is 4.52 Å². The first-order valence-electron chi connectivity index (χ1n) is 5.13. The van der Waals surface area contributed by atoms with Crippen LogP contribution in [0.5, 0.6) is 0 Å². The first kappa shape index (κ1) is 11.6. The van der Waals surface area contributed by atoms with Crippen LogP contribution in [0.15, 0.2) is 4.52 Å². The minimum Gasteiger partial charge on any atom is -0.359 e. The fourth-order valence-electron chi connectivity index (χ4n) is 1.20. The molecule has 5 nitrogen and oxygen atoms in total. The van der Waals surface area contributed by atoms with Gasteiger partial charge in [0.1, 0.15) is 11.4 Å². The second-order valence-corrected chi connectivity index (χ2v) is 3.43. The van der Waals surface area contributed by atoms with E-state index in [2.05, 4.69) is 22.7 Å². The number of aryl methyl sites for hydroxylation is 2. The number of urea groups is 1. The minimum absolute atomic E-state index is 0.210. The molecular weight excluding hydrogens is 194 g/mol. The normalized spacial score (nSPS) is 10.1. The number of nitrogens with one attached hydrogen (secondary N) is 2. The van der Waals surface area contributed by atoms with Crippen molar-refractivity contribution in [2.24, 2.45) is 0 Å². The van der Waals surface area contributed by atoms with Crippen LogP contribution in [0, 0.1) is 13.8 Å². The zero-order valence-electron chi connectivity index (χ0n) is 9.39. The van der Waals surface area contributed by atoms with Gasteiger partial charge in [-0.25, -0.2) is 4.79 Å². The van der Waals surface area contributed by atoms with Crippen molar-refractivity contribution in [2.45, 2.75) is 33.6 Å². The third-order valence-electron chi connectivity index (χ3n) is 2.09. The largest absolute Gasteiger partial charge is 0.359 e. The number of unbranched alkanes of at least 4 members (excludes halogenated alkanes) is 1. The summed E-state index contributed by atoms with van der Waals surface area (Å²) < 4.78 is 4.93. The first-order chi connectivity index (χ1) is 7.15. The van der Waals surface area contributed by atoms with Crippen LogP contribution in [0.1, 0.15) is 31.2 Å². The van der Waals surface area contributed by atoms with E-state index >= 15 is 0 Å². The number of nitrogens with zero attached hydrogens (tertiary/aromatic N) is 1. The topological polar surface area (TPSA) is 67.2 Å². The summed E-state index contributed by atoms with van der Waals surface area (Å²) in [6, 6.07) is -0.210. The fourth-order valence-corrected chi connectivity index (χ4v) is 1.20. The summed E-state index contributed by atoms with van der Waals surface area (Å²) in [4.78, 5) is 11.4. The Morgan fingerprint density at radius 2 is 2.20 bits per heavy atom. The Balaban J connectivity index is 2.44. The first-order valence-corrected chi connectivity index (χ1v) is 5.13. The van der Waals surface area contributed by atoms with Crippen molar-refractivity contribution in [1.82, 2.24) is 10.5 Å². The Morgan fingerprint density at radius 1 is 1.47 bits per heavy atom. The van der Waals surface area contributed by atoms with Crippen molar-refractivity contribution >= 4 is 11.7 Å². The van der Waals surface area contributed by atoms with Crippen molar-refractivity contribution in [3.63, 3.8) is 0 Å². The number of carbonyl (C=O) groups is 1. The van der Waals surface area contributed by atoms with E-state index in [1.807, 2.05) is 0 Å². The van der Waals surface area contributed by atoms with E-state index in [1.54, 1.807) is 13.8 Å². The second-order valence-electron chi connectivity index (χ2n) is 3.43. The van der Waals surface area contributed by atoms with Crippen molar-refractivity contribution in [3.05, 3.63) is 11.5 Å². The monoisotopic (exact) mass is 211 g/mol. The fraction of sp³-hybridized carbons (Fsp3) is 0.600. The Labute approximate surface area is 89.2 Å². The van der Waals surface area contributed by atoms with Gasteiger partial charge in [0.15, 0.2) is 5.76 Å². The molecule has 0 saturated heterocycles. The summed E-state index contributed by atoms with van der Waals surface area (Å²) in [6.07, 6.45) is 2.04. The molecule has 1 heterocycles. The van der Waals surface area contributed by atoms with Gasteiger partial charge >= 0.3 is 6.03 Å². The lowest BCUT2D eigenvalue weighted by Crippen LogP contribution is -2.29. The molecule has 0 spiro atoms. The van der Waals surface area contributed by atoms with Crippen LogP contribution in [0.25, 0.3) is 0 Å². The highest BCUT2D eigenvalue weighted by Crippen LogP contribution is 2.17. The number of carbonyl (C=O) groups excluding carboxylic acids is 1. The molecule has 0 bridgehead atoms. The molecule has 84 valence electrons. The standard InChI is InChI=1S/C10H17N3O2/c1-4-5-6-11-10(14)12-9-7(2)13-15-8(9)3/h4-6H2,1-3H3,(H2,11,12,14). The van der Waals surface area contributed by atoms with Crippen LogP contribution in [-0.4, -0.2) is 17.7 Å². The van der Waals surface area contributed by atoms with E-state index in [0.29, 0.717) is 23.7 Å². The van der Waals surface area contributed by atoms with E-state index in [-0.39, 0.29) is 6.03 Å². The van der Waals surface area contributed by atoms with Gasteiger partial charge in [0.2, 0.25) is 0 Å². The van der Waals surface area contributed by atoms with Crippen molar-refractivity contribution in [2.75, 3.05) is 11.9 Å². The summed E-state index contributed by atoms with van der Waals surface area (Å²) in [5, 5.41) is 9.22. The molecule has 0 saturated carbocycles. The van der Waals surface area contributed by atoms with E-state index in [0.717, 1.165) is 12.8 Å². The molecule has 1 rings (SSSR count). The zero-order chi connectivity index (χ0) is 11.3. The van der Waals surface area contributed by atoms with Crippen molar-refractivity contribution in [3.8, 4) is 0 Å². The van der Waals surface area contributed by atoms with Gasteiger partial charge < -0.3 is 15.2 Å². The third-order valence-corrected chi connectivity index (χ3v) is 2.09. The average molecular weight is 211 g/mol. The molecule has 0 atom stereocenters. The van der Waals surface area contributed by atoms with E-state index in [1.165, 1.54) is 0 Å². The molecule has 5 heteroatoms. The number of anilines is 1. The summed E-state index contributed by atoms with van der Waals surface area (Å²) in [7, 11) is 0. The summed E-state index contributed by atoms with van der Waals surface area (Å²) in [6.45, 7) is 6.32. The van der Waals surface area contributed by atoms with Crippen LogP contribution in [0.3, 0.4) is 0 Å². The van der Waals surface area contributed by atoms with Gasteiger partial charge in [-0.05, 0) is 20.3 Å². The Morgan fingerprint density at radius 3 is 2.73 bits per heavy atom. The molecule has 0 aromatic carbocycles. The maximum Gasteiger partial charge on any atom is 0.319 e. The number of rotatable bonds is 4. The predicted octanol–water partition coefficient (Wildman–Crippen LogP) is 2.21. The van der Waals surface area contributed by atoms with Gasteiger partial charge in [-0.2, -0.15) is 0 Å². The highest BCUT2D eigenvalue weighted by Gasteiger charge is 2.11. The highest BCUT2D eigenvalue weighted by molar-refractivity contribution is 5.90. The molecule has 0 unspecified atom stereocenters. The third kappa shape index (κ3) is 3.27. The second kappa shape index (κ2) is 5.38. The smallest absolute Gasteiger partial charge is 0.319 e. The van der Waals surface area contributed by atoms with E-state index in [9.17, 15) is 4.79 Å². The quantitative estimate of drug-likeness (QED) is 0.750. The highest BCUT2D eigenvalue weighted by atomic mass is 16.5. The maximum atomic E-state index is 11.4. The van der Waals surface area contributed by atoms with Crippen LogP contribution in [0.2, 0.25) is 0 Å². The number of aromatic nitrogens is 1. The SMILES string of the molecule is CCCCNC(=O)Nc1c(C)noc1C. The van der Waals surface area contributed by atoms with Crippen LogP contribution >= 0.6 is 0 Å². The summed E-state index contributed by atoms with van der Waals surface area (Å²) in [5.41, 5.74) is 1.35. The van der Waals surface area contributed by atoms with Gasteiger partial charge in [0.25, 0.3) is 0 Å². The van der Waals surface area contributed by atoms with Gasteiger partial charge in [0, 0.05) is 6.54 Å². The van der Waals surface area contributed by atoms with Gasteiger partial charge in [-0.3, -0.25) is 0 Å². The van der Waals surface area contributed by atoms with E-state index < -0.39 is 0 Å². The lowest BCUT2D eigenvalue weighted by atomic mass is 10.3. The number of amides is 2. The Bertz CT molecular complexity index is 314. The molecule has 0 radical (unpaired) electrons. The Hall–Kier alpha value is -1.52. The summed E-state index contributed by atoms with van der Waals surface area (Å²) >= 11 is 0. The molecule has 0 fully saturated rings. The lowest BCUT2D eigenvalue weighted by Gasteiger charge is -2.05. The Kier molecular flexibility index (Phi) is 4.15. The van der Waals surface area contributed by atoms with Gasteiger partial charge in [-0.1, -0.05) is 18.5 Å². The molecule has 15 heavy (non-hydrogen) atoms. The number of hydrogen-bond acceptors (Lipinski definition) is 3. The molecule has 1 aromatic rings. The van der Waals surface area contributed by atoms with Crippen LogP contribution in [0.4, 0.5) is 10.5 Å². The summed E-state index contributed by atoms with van der Waals surface area (Å²) in [5.74, 6) is 0.623. The molecule has 2 N–H and O–H groups in total.